The second kappa shape index (κ2) is 46.9. The largest absolute Gasteiger partial charge is 0.394 e. The average molecular weight is 1780 g/mol. The summed E-state index contributed by atoms with van der Waals surface area (Å²) in [5, 5.41) is 211. The summed E-state index contributed by atoms with van der Waals surface area (Å²) in [7, 11) is 0. The van der Waals surface area contributed by atoms with Crippen LogP contribution >= 0.6 is 0 Å². The molecule has 7 saturated heterocycles. The lowest BCUT2D eigenvalue weighted by Crippen LogP contribution is -2.69. The Labute approximate surface area is 702 Å². The van der Waals surface area contributed by atoms with Crippen molar-refractivity contribution in [3.63, 3.8) is 0 Å². The van der Waals surface area contributed by atoms with Crippen molar-refractivity contribution in [2.24, 2.45) is 80.5 Å². The lowest BCUT2D eigenvalue weighted by Gasteiger charge is -2.51. The summed E-state index contributed by atoms with van der Waals surface area (Å²) in [5.41, 5.74) is 76.3. The van der Waals surface area contributed by atoms with Gasteiger partial charge in [-0.2, -0.15) is 0 Å². The van der Waals surface area contributed by atoms with Crippen LogP contribution in [-0.4, -0.2) is 453 Å². The molecule has 48 N–H and O–H groups in total. The first-order chi connectivity index (χ1) is 57.2. The minimum Gasteiger partial charge on any atom is -0.394 e. The number of aliphatic hydroxyl groups excluding tert-OH is 19. The van der Waals surface area contributed by atoms with Crippen LogP contribution in [0.2, 0.25) is 0 Å². The van der Waals surface area contributed by atoms with Crippen LogP contribution in [0.1, 0.15) is 59.8 Å². The van der Waals surface area contributed by atoms with Gasteiger partial charge in [0.1, 0.15) is 159 Å². The predicted octanol–water partition coefficient (Wildman–Crippen LogP) is -20.0. The third kappa shape index (κ3) is 24.8. The van der Waals surface area contributed by atoms with E-state index < -0.39 is 319 Å². The summed E-state index contributed by atoms with van der Waals surface area (Å²) in [6.07, 6.45) is -44.0. The normalized spacial score (nSPS) is 49.5. The van der Waals surface area contributed by atoms with Crippen LogP contribution in [0, 0.1) is 5.92 Å². The van der Waals surface area contributed by atoms with E-state index in [1.54, 1.807) is 13.8 Å². The highest BCUT2D eigenvalue weighted by Gasteiger charge is 2.59. The van der Waals surface area contributed by atoms with Crippen LogP contribution in [0.4, 0.5) is 0 Å². The van der Waals surface area contributed by atoms with E-state index in [0.717, 1.165) is 12.2 Å². The lowest BCUT2D eigenvalue weighted by atomic mass is 9.76. The Morgan fingerprint density at radius 3 is 1.25 bits per heavy atom. The predicted molar refractivity (Wildman–Crippen MR) is 414 cm³/mol. The second-order valence-electron chi connectivity index (χ2n) is 32.6. The van der Waals surface area contributed by atoms with Gasteiger partial charge in [-0.1, -0.05) is 20.1 Å². The highest BCUT2D eigenvalue weighted by Crippen LogP contribution is 2.41. The molecule has 50 unspecified atom stereocenters. The maximum atomic E-state index is 11.2. The first kappa shape index (κ1) is 106. The van der Waals surface area contributed by atoms with Crippen molar-refractivity contribution >= 4 is 11.8 Å². The average Bonchev–Trinajstić information content (AvgIpc) is 0.861. The highest BCUT2D eigenvalue weighted by molar-refractivity contribution is 5.89. The van der Waals surface area contributed by atoms with Gasteiger partial charge in [-0.3, -0.25) is 9.59 Å². The van der Waals surface area contributed by atoms with E-state index in [9.17, 15) is 112 Å². The number of rotatable bonds is 26. The van der Waals surface area contributed by atoms with Gasteiger partial charge in [0.05, 0.1) is 86.7 Å². The Kier molecular flexibility index (Phi) is 40.6. The van der Waals surface area contributed by atoms with Gasteiger partial charge in [-0.15, -0.1) is 0 Å². The summed E-state index contributed by atoms with van der Waals surface area (Å²) in [6.45, 7) is 11.0. The highest BCUT2D eigenvalue weighted by atomic mass is 16.8. The summed E-state index contributed by atoms with van der Waals surface area (Å²) < 4.78 is 80.3. The van der Waals surface area contributed by atoms with Gasteiger partial charge in [-0.25, -0.2) is 0 Å². The van der Waals surface area contributed by atoms with Gasteiger partial charge in [-0.05, 0) is 65.0 Å². The molecule has 7 aliphatic heterocycles. The zero-order valence-electron chi connectivity index (χ0n) is 68.1. The molecule has 10 aliphatic rings. The molecule has 10 rings (SSSR count). The van der Waals surface area contributed by atoms with Gasteiger partial charge < -0.3 is 254 Å². The number of hydrogen-bond donors (Lipinski definition) is 35. The monoisotopic (exact) mass is 1780 g/mol. The topological polar surface area (TPSA) is 930 Å². The summed E-state index contributed by atoms with van der Waals surface area (Å²) in [4.78, 5) is 21.0. The Morgan fingerprint density at radius 2 is 0.795 bits per heavy atom. The molecule has 2 amide bonds. The van der Waals surface area contributed by atoms with Gasteiger partial charge >= 0.3 is 0 Å². The van der Waals surface area contributed by atoms with E-state index >= 15 is 0 Å². The molecular formula is C71H137N15O36. The fourth-order valence-corrected chi connectivity index (χ4v) is 16.1. The number of carbonyl (C=O) groups excluding carboxylic acids is 2. The van der Waals surface area contributed by atoms with Crippen LogP contribution in [-0.2, 0) is 75.9 Å². The van der Waals surface area contributed by atoms with E-state index in [4.69, 9.17) is 141 Å². The summed E-state index contributed by atoms with van der Waals surface area (Å²) in [6, 6.07) is -10.3. The number of nitrogens with one attached hydrogen (secondary N) is 2. The van der Waals surface area contributed by atoms with Crippen LogP contribution in [0.25, 0.3) is 0 Å². The van der Waals surface area contributed by atoms with Gasteiger partial charge in [0.2, 0.25) is 11.8 Å². The van der Waals surface area contributed by atoms with Crippen molar-refractivity contribution in [1.29, 1.82) is 0 Å². The Morgan fingerprint density at radius 1 is 0.410 bits per heavy atom. The van der Waals surface area contributed by atoms with Crippen LogP contribution in [0.15, 0.2) is 25.3 Å². The van der Waals surface area contributed by atoms with E-state index in [0.29, 0.717) is 6.42 Å². The Balaban J connectivity index is 0.000000238. The van der Waals surface area contributed by atoms with Crippen molar-refractivity contribution in [2.45, 2.75) is 359 Å². The van der Waals surface area contributed by atoms with Gasteiger partial charge in [0.15, 0.2) is 44.0 Å². The number of aliphatic hydroxyl groups is 20. The molecule has 10 fully saturated rings. The summed E-state index contributed by atoms with van der Waals surface area (Å²) >= 11 is 0. The van der Waals surface area contributed by atoms with E-state index in [2.05, 4.69) is 23.8 Å². The van der Waals surface area contributed by atoms with E-state index in [1.165, 1.54) is 13.8 Å². The molecule has 122 heavy (non-hydrogen) atoms. The van der Waals surface area contributed by atoms with Crippen molar-refractivity contribution in [2.75, 3.05) is 39.6 Å². The molecular weight excluding hydrogens is 1640 g/mol. The standard InChI is InChI=1S/C23H45N5O13.C23H46N4O10.C18H36N4O11.C7H10N2O2/c1-5-13(30)16(33)11(27)21(36-5)41-20-9(4-29)39-23(18(20)35)37-7-2-6(25)14(31)10(26)19(7)40-22-12(28)17(34)15(32)8(3-24)38-22;1-4-9-15(29)22(35-13(7-28)23(9,3)33)37-20-11(26)6-10(25)19(18(20)32)36-21-14(27)17(31)16(30)12(34-21)5-8(2)24;19-2-6-10(25)12(27)13(28)18(30-6)33-16-5(21)1-4(20)15(14(16)29)32-17-11(26)8(22)9(24)7(3-23)31-17;1-3-6(10)8-5-9-7(11)4-2/h5-23,29-35H,2-4,24-28H2,1H3;8-22,28-33H,4-7,24-27H2,1-3H3;4-18,23-29H,1-3,19-22H2;3-4H,1-2,5H2,(H,8,10)(H,9,11). The molecule has 3 saturated carbocycles. The smallest absolute Gasteiger partial charge is 0.244 e. The van der Waals surface area contributed by atoms with Crippen molar-refractivity contribution in [3.8, 4) is 0 Å². The van der Waals surface area contributed by atoms with E-state index in [-0.39, 0.29) is 63.3 Å². The molecule has 51 nitrogen and oxygen atoms in total. The molecule has 50 atom stereocenters. The van der Waals surface area contributed by atoms with Crippen LogP contribution in [0.3, 0.4) is 0 Å². The fourth-order valence-electron chi connectivity index (χ4n) is 16.1. The lowest BCUT2D eigenvalue weighted by molar-refractivity contribution is -0.341. The summed E-state index contributed by atoms with van der Waals surface area (Å²) in [5.74, 6) is -1.33. The van der Waals surface area contributed by atoms with Gasteiger partial charge in [0.25, 0.3) is 0 Å². The number of hydrogen-bond acceptors (Lipinski definition) is 49. The zero-order chi connectivity index (χ0) is 91.5. The van der Waals surface area contributed by atoms with Crippen molar-refractivity contribution in [3.05, 3.63) is 25.3 Å². The van der Waals surface area contributed by atoms with Crippen LogP contribution in [0.5, 0.6) is 0 Å². The second-order valence-corrected chi connectivity index (χ2v) is 32.6. The molecule has 51 heteroatoms. The van der Waals surface area contributed by atoms with Crippen molar-refractivity contribution in [1.82, 2.24) is 10.6 Å². The number of amides is 2. The zero-order valence-corrected chi connectivity index (χ0v) is 68.1. The molecule has 0 aromatic carbocycles. The molecule has 3 aliphatic carbocycles. The third-order valence-electron chi connectivity index (χ3n) is 23.7. The van der Waals surface area contributed by atoms with Crippen LogP contribution < -0.4 is 85.2 Å². The maximum absolute atomic E-state index is 11.2. The Bertz CT molecular complexity index is 3090. The first-order valence-electron chi connectivity index (χ1n) is 40.4. The number of ether oxygens (including phenoxy) is 14. The minimum atomic E-state index is -1.66. The molecule has 0 radical (unpaired) electrons. The molecule has 0 bridgehead atoms. The molecule has 712 valence electrons. The third-order valence-corrected chi connectivity index (χ3v) is 23.7. The number of carbonyl (C=O) groups is 2. The Hall–Kier alpha value is -3.46. The van der Waals surface area contributed by atoms with Gasteiger partial charge in [0, 0.05) is 55.3 Å². The van der Waals surface area contributed by atoms with Crippen molar-refractivity contribution < 1.29 is 178 Å². The molecule has 0 aromatic heterocycles. The minimum absolute atomic E-state index is 0.0207. The molecule has 0 spiro atoms. The quantitative estimate of drug-likeness (QED) is 0.0282. The van der Waals surface area contributed by atoms with E-state index in [1.807, 2.05) is 0 Å². The molecule has 7 heterocycles. The number of nitrogens with two attached hydrogens (primary N) is 13. The molecule has 0 aromatic rings. The first-order valence-corrected chi connectivity index (χ1v) is 40.4. The maximum Gasteiger partial charge on any atom is 0.244 e. The fraction of sp³-hybridized carbons (Fsp3) is 0.915. The SMILES string of the molecule is C=CC(=O)NCNC(=O)C=C.CC1OC(OC2C(CO)OC(OC3CC(N)C(O)C(N)C3OC3OC(CN)C(O)C(O)C3N)C2O)C(N)C(O)C1O.CCC1C(O)C(OC2C(N)CC(N)C(OC3OC(CC(C)N)C(O)C(O)C3N)C2O)OC(CO)C1(C)O.NCC1OC(OC2C(N)CC(N)C(OC3OC(CO)C(O)C(N)C3O)C2O)C(O)C(O)C1O.